The van der Waals surface area contributed by atoms with Crippen LogP contribution in [0.5, 0.6) is 0 Å². The van der Waals surface area contributed by atoms with Crippen molar-refractivity contribution in [2.75, 3.05) is 13.2 Å². The van der Waals surface area contributed by atoms with E-state index in [-0.39, 0.29) is 12.5 Å². The van der Waals surface area contributed by atoms with Crippen LogP contribution < -0.4 is 5.32 Å². The van der Waals surface area contributed by atoms with Gasteiger partial charge in [0, 0.05) is 6.42 Å². The number of ether oxygens (including phenoxy) is 2. The van der Waals surface area contributed by atoms with Crippen LogP contribution in [0.25, 0.3) is 0 Å². The predicted octanol–water partition coefficient (Wildman–Crippen LogP) is 12.6. The number of nitrogens with one attached hydrogen (secondary N) is 1. The summed E-state index contributed by atoms with van der Waals surface area (Å²) < 4.78 is 11.2. The van der Waals surface area contributed by atoms with E-state index in [1.807, 2.05) is 6.08 Å². The van der Waals surface area contributed by atoms with Gasteiger partial charge in [0.25, 0.3) is 0 Å². The number of carbonyl (C=O) groups is 1. The van der Waals surface area contributed by atoms with Gasteiger partial charge < -0.3 is 40.3 Å². The second kappa shape index (κ2) is 45.0. The first-order chi connectivity index (χ1) is 31.3. The minimum absolute atomic E-state index is 0.195. The van der Waals surface area contributed by atoms with Gasteiger partial charge in [-0.25, -0.2) is 0 Å². The number of hydrogen-bond acceptors (Lipinski definition) is 8. The number of aliphatic hydroxyl groups is 5. The summed E-state index contributed by atoms with van der Waals surface area (Å²) in [6.45, 7) is 3.77. The van der Waals surface area contributed by atoms with Gasteiger partial charge >= 0.3 is 0 Å². The Labute approximate surface area is 393 Å². The van der Waals surface area contributed by atoms with Crippen molar-refractivity contribution in [2.24, 2.45) is 0 Å². The Hall–Kier alpha value is -1.85. The van der Waals surface area contributed by atoms with Crippen LogP contribution in [0.2, 0.25) is 0 Å². The summed E-state index contributed by atoms with van der Waals surface area (Å²) in [6, 6.07) is -0.831. The molecule has 7 atom stereocenters. The van der Waals surface area contributed by atoms with Crippen molar-refractivity contribution in [1.82, 2.24) is 5.32 Å². The quantitative estimate of drug-likeness (QED) is 0.0261. The summed E-state index contributed by atoms with van der Waals surface area (Å²) in [5.41, 5.74) is 0. The zero-order chi connectivity index (χ0) is 46.6. The second-order valence-electron chi connectivity index (χ2n) is 18.6. The van der Waals surface area contributed by atoms with E-state index in [0.29, 0.717) is 6.42 Å². The van der Waals surface area contributed by atoms with Gasteiger partial charge in [-0.05, 0) is 70.6 Å². The highest BCUT2D eigenvalue weighted by molar-refractivity contribution is 5.76. The highest BCUT2D eigenvalue weighted by Gasteiger charge is 2.44. The molecule has 0 saturated carbocycles. The molecule has 1 rings (SSSR count). The van der Waals surface area contributed by atoms with Gasteiger partial charge in [0.05, 0.1) is 25.4 Å². The molecule has 1 heterocycles. The van der Waals surface area contributed by atoms with Gasteiger partial charge in [-0.15, -0.1) is 0 Å². The summed E-state index contributed by atoms with van der Waals surface area (Å²) in [7, 11) is 0. The molecule has 9 nitrogen and oxygen atoms in total. The third-order valence-corrected chi connectivity index (χ3v) is 12.6. The number of carbonyl (C=O) groups excluding carboxylic acids is 1. The molecule has 0 aromatic carbocycles. The lowest BCUT2D eigenvalue weighted by molar-refractivity contribution is -0.302. The third-order valence-electron chi connectivity index (χ3n) is 12.6. The van der Waals surface area contributed by atoms with E-state index < -0.39 is 49.5 Å². The lowest BCUT2D eigenvalue weighted by Crippen LogP contribution is -2.60. The molecular formula is C55H101NO8. The van der Waals surface area contributed by atoms with Crippen molar-refractivity contribution in [3.05, 3.63) is 48.6 Å². The maximum Gasteiger partial charge on any atom is 0.220 e. The minimum Gasteiger partial charge on any atom is -0.394 e. The molecule has 1 fully saturated rings. The molecule has 64 heavy (non-hydrogen) atoms. The number of allylic oxidation sites excluding steroid dienone is 7. The van der Waals surface area contributed by atoms with Crippen molar-refractivity contribution in [3.8, 4) is 0 Å². The van der Waals surface area contributed by atoms with Gasteiger partial charge in [-0.2, -0.15) is 0 Å². The van der Waals surface area contributed by atoms with E-state index in [1.54, 1.807) is 6.08 Å². The van der Waals surface area contributed by atoms with E-state index >= 15 is 0 Å². The number of amides is 1. The molecular weight excluding hydrogens is 803 g/mol. The molecule has 9 heteroatoms. The fraction of sp³-hybridized carbons (Fsp3) is 0.836. The van der Waals surface area contributed by atoms with Crippen LogP contribution in [-0.2, 0) is 14.3 Å². The summed E-state index contributed by atoms with van der Waals surface area (Å²) >= 11 is 0. The molecule has 0 radical (unpaired) electrons. The van der Waals surface area contributed by atoms with E-state index in [2.05, 4.69) is 55.6 Å². The van der Waals surface area contributed by atoms with Crippen LogP contribution in [0.15, 0.2) is 48.6 Å². The van der Waals surface area contributed by atoms with E-state index in [4.69, 9.17) is 9.47 Å². The standard InChI is InChI=1S/C55H101NO8/c1-3-5-7-9-11-13-15-17-19-21-23-25-26-28-30-32-34-36-38-40-42-44-49(58)48(47-63-55-54(62)53(61)52(60)50(46-57)64-55)56-51(59)45-43-41-39-37-35-33-31-29-27-24-22-20-18-16-14-12-10-8-6-4-2/h24,26-28,34,36,42,44,48-50,52-55,57-58,60-62H,3-23,25,29-33,35,37-41,43,45-47H2,1-2H3,(H,56,59)/b27-24-,28-26+,36-34+,44-42+. The molecule has 1 aliphatic rings. The highest BCUT2D eigenvalue weighted by Crippen LogP contribution is 2.23. The summed E-state index contributed by atoms with van der Waals surface area (Å²) in [5, 5.41) is 54.4. The highest BCUT2D eigenvalue weighted by atomic mass is 16.7. The van der Waals surface area contributed by atoms with Crippen LogP contribution in [-0.4, -0.2) is 87.5 Å². The molecule has 0 bridgehead atoms. The van der Waals surface area contributed by atoms with Crippen molar-refractivity contribution in [2.45, 2.75) is 281 Å². The first-order valence-corrected chi connectivity index (χ1v) is 26.9. The van der Waals surface area contributed by atoms with Crippen molar-refractivity contribution < 1.29 is 39.8 Å². The molecule has 1 saturated heterocycles. The minimum atomic E-state index is -1.58. The van der Waals surface area contributed by atoms with E-state index in [0.717, 1.165) is 57.8 Å². The number of aliphatic hydroxyl groups excluding tert-OH is 5. The fourth-order valence-corrected chi connectivity index (χ4v) is 8.30. The molecule has 1 aliphatic heterocycles. The summed E-state index contributed by atoms with van der Waals surface area (Å²) in [5.74, 6) is -0.195. The Balaban J connectivity index is 2.32. The Morgan fingerprint density at radius 2 is 0.891 bits per heavy atom. The Morgan fingerprint density at radius 1 is 0.516 bits per heavy atom. The molecule has 6 N–H and O–H groups in total. The monoisotopic (exact) mass is 904 g/mol. The fourth-order valence-electron chi connectivity index (χ4n) is 8.30. The van der Waals surface area contributed by atoms with Gasteiger partial charge in [-0.1, -0.05) is 210 Å². The van der Waals surface area contributed by atoms with Crippen LogP contribution in [0, 0.1) is 0 Å². The topological polar surface area (TPSA) is 149 Å². The predicted molar refractivity (Wildman–Crippen MR) is 267 cm³/mol. The van der Waals surface area contributed by atoms with Crippen molar-refractivity contribution in [3.63, 3.8) is 0 Å². The van der Waals surface area contributed by atoms with Gasteiger partial charge in [0.1, 0.15) is 24.4 Å². The third kappa shape index (κ3) is 34.5. The normalized spacial score (nSPS) is 20.4. The van der Waals surface area contributed by atoms with E-state index in [1.165, 1.54) is 161 Å². The van der Waals surface area contributed by atoms with Gasteiger partial charge in [-0.3, -0.25) is 4.79 Å². The Morgan fingerprint density at radius 3 is 1.31 bits per heavy atom. The molecule has 0 aromatic rings. The molecule has 1 amide bonds. The molecule has 0 spiro atoms. The van der Waals surface area contributed by atoms with E-state index in [9.17, 15) is 30.3 Å². The molecule has 0 aromatic heterocycles. The van der Waals surface area contributed by atoms with Crippen LogP contribution >= 0.6 is 0 Å². The van der Waals surface area contributed by atoms with Crippen LogP contribution in [0.1, 0.15) is 239 Å². The average molecular weight is 904 g/mol. The molecule has 374 valence electrons. The lowest BCUT2D eigenvalue weighted by Gasteiger charge is -2.40. The zero-order valence-corrected chi connectivity index (χ0v) is 41.3. The lowest BCUT2D eigenvalue weighted by atomic mass is 9.99. The van der Waals surface area contributed by atoms with Gasteiger partial charge in [0.2, 0.25) is 5.91 Å². The Bertz CT molecular complexity index is 1140. The smallest absolute Gasteiger partial charge is 0.220 e. The maximum atomic E-state index is 13.0. The first kappa shape index (κ1) is 60.2. The zero-order valence-electron chi connectivity index (χ0n) is 41.3. The molecule has 0 aliphatic carbocycles. The first-order valence-electron chi connectivity index (χ1n) is 26.9. The average Bonchev–Trinajstić information content (AvgIpc) is 3.29. The molecule has 7 unspecified atom stereocenters. The maximum absolute atomic E-state index is 13.0. The summed E-state index contributed by atoms with van der Waals surface area (Å²) in [4.78, 5) is 13.0. The SMILES string of the molecule is CCCCCCCCCCC/C=C\CCCCCCCCCC(=O)NC(COC1OC(CO)C(O)C(O)C1O)C(O)/C=C/CC/C=C/CC/C=C/CCCCCCCCCCCCC. The Kier molecular flexibility index (Phi) is 42.3. The van der Waals surface area contributed by atoms with Crippen molar-refractivity contribution >= 4 is 5.91 Å². The number of rotatable bonds is 45. The number of hydrogen-bond donors (Lipinski definition) is 6. The van der Waals surface area contributed by atoms with Crippen LogP contribution in [0.3, 0.4) is 0 Å². The van der Waals surface area contributed by atoms with Crippen LogP contribution in [0.4, 0.5) is 0 Å². The summed E-state index contributed by atoms with van der Waals surface area (Å²) in [6.07, 6.45) is 51.6. The largest absolute Gasteiger partial charge is 0.394 e. The second-order valence-corrected chi connectivity index (χ2v) is 18.6. The number of unbranched alkanes of at least 4 members (excludes halogenated alkanes) is 29. The van der Waals surface area contributed by atoms with Crippen molar-refractivity contribution in [1.29, 1.82) is 0 Å². The van der Waals surface area contributed by atoms with Gasteiger partial charge in [0.15, 0.2) is 6.29 Å².